The lowest BCUT2D eigenvalue weighted by molar-refractivity contribution is 0.570. The molecule has 0 saturated heterocycles. The van der Waals surface area contributed by atoms with E-state index in [9.17, 15) is 8.78 Å². The van der Waals surface area contributed by atoms with Crippen molar-refractivity contribution in [1.82, 2.24) is 10.6 Å². The van der Waals surface area contributed by atoms with Gasteiger partial charge in [0.1, 0.15) is 11.6 Å². The van der Waals surface area contributed by atoms with E-state index in [4.69, 9.17) is 0 Å². The van der Waals surface area contributed by atoms with Gasteiger partial charge in [0.25, 0.3) is 0 Å². The largest absolute Gasteiger partial charge is 0.356 e. The second kappa shape index (κ2) is 8.88. The molecule has 2 N–H and O–H groups in total. The molecule has 0 spiro atoms. The summed E-state index contributed by atoms with van der Waals surface area (Å²) in [7, 11) is 1.69. The second-order valence-electron chi connectivity index (χ2n) is 5.15. The van der Waals surface area contributed by atoms with Gasteiger partial charge in [-0.25, -0.2) is 8.78 Å². The number of benzene rings is 2. The molecule has 0 aliphatic carbocycles. The molecule has 0 atom stereocenters. The predicted molar refractivity (Wildman–Crippen MR) is 89.6 cm³/mol. The molecule has 0 radical (unpaired) electrons. The molecule has 3 nitrogen and oxygen atoms in total. The molecule has 0 aliphatic heterocycles. The first-order chi connectivity index (χ1) is 11.2. The van der Waals surface area contributed by atoms with Crippen molar-refractivity contribution in [3.63, 3.8) is 0 Å². The van der Waals surface area contributed by atoms with E-state index >= 15 is 0 Å². The van der Waals surface area contributed by atoms with E-state index < -0.39 is 11.6 Å². The Hall–Kier alpha value is -2.43. The lowest BCUT2D eigenvalue weighted by atomic mass is 10.1. The van der Waals surface area contributed by atoms with Crippen LogP contribution < -0.4 is 10.6 Å². The van der Waals surface area contributed by atoms with Crippen molar-refractivity contribution in [2.75, 3.05) is 20.1 Å². The van der Waals surface area contributed by atoms with E-state index in [1.54, 1.807) is 7.05 Å². The Morgan fingerprint density at radius 2 is 1.65 bits per heavy atom. The zero-order valence-electron chi connectivity index (χ0n) is 13.2. The molecule has 0 aliphatic rings. The normalized spacial score (nSPS) is 11.3. The highest BCUT2D eigenvalue weighted by Crippen LogP contribution is 2.09. The van der Waals surface area contributed by atoms with Crippen LogP contribution in [0.1, 0.15) is 11.1 Å². The quantitative estimate of drug-likeness (QED) is 0.635. The first-order valence-corrected chi connectivity index (χ1v) is 7.61. The Balaban J connectivity index is 1.72. The van der Waals surface area contributed by atoms with Crippen LogP contribution in [0.5, 0.6) is 0 Å². The SMILES string of the molecule is CN=C(NCCc1ccccc1)NCCc1ccc(F)cc1F. The van der Waals surface area contributed by atoms with Crippen LogP contribution in [0, 0.1) is 11.6 Å². The number of halogens is 2. The monoisotopic (exact) mass is 317 g/mol. The first kappa shape index (κ1) is 16.9. The maximum absolute atomic E-state index is 13.5. The number of hydrogen-bond acceptors (Lipinski definition) is 1. The van der Waals surface area contributed by atoms with Gasteiger partial charge in [-0.2, -0.15) is 0 Å². The van der Waals surface area contributed by atoms with Crippen LogP contribution in [0.25, 0.3) is 0 Å². The summed E-state index contributed by atoms with van der Waals surface area (Å²) in [6.45, 7) is 1.28. The van der Waals surface area contributed by atoms with Gasteiger partial charge in [-0.05, 0) is 30.0 Å². The predicted octanol–water partition coefficient (Wildman–Crippen LogP) is 2.92. The van der Waals surface area contributed by atoms with Gasteiger partial charge < -0.3 is 10.6 Å². The summed E-state index contributed by atoms with van der Waals surface area (Å²) < 4.78 is 26.4. The maximum Gasteiger partial charge on any atom is 0.190 e. The highest BCUT2D eigenvalue weighted by atomic mass is 19.1. The number of hydrogen-bond donors (Lipinski definition) is 2. The summed E-state index contributed by atoms with van der Waals surface area (Å²) in [5.74, 6) is -0.403. The Kier molecular flexibility index (Phi) is 6.54. The van der Waals surface area contributed by atoms with Gasteiger partial charge in [-0.3, -0.25) is 4.99 Å². The van der Waals surface area contributed by atoms with Gasteiger partial charge >= 0.3 is 0 Å². The Bertz CT molecular complexity index is 642. The smallest absolute Gasteiger partial charge is 0.190 e. The fraction of sp³-hybridized carbons (Fsp3) is 0.278. The van der Waals surface area contributed by atoms with Crippen LogP contribution >= 0.6 is 0 Å². The van der Waals surface area contributed by atoms with Gasteiger partial charge in [0.2, 0.25) is 0 Å². The van der Waals surface area contributed by atoms with Crippen LogP contribution in [0.2, 0.25) is 0 Å². The molecule has 0 fully saturated rings. The molecule has 5 heteroatoms. The number of nitrogens with one attached hydrogen (secondary N) is 2. The minimum atomic E-state index is -0.558. The summed E-state index contributed by atoms with van der Waals surface area (Å²) >= 11 is 0. The number of nitrogens with zero attached hydrogens (tertiary/aromatic N) is 1. The Labute approximate surface area is 135 Å². The van der Waals surface area contributed by atoms with Crippen LogP contribution in [-0.4, -0.2) is 26.1 Å². The van der Waals surface area contributed by atoms with E-state index in [1.807, 2.05) is 18.2 Å². The van der Waals surface area contributed by atoms with Crippen molar-refractivity contribution < 1.29 is 8.78 Å². The summed E-state index contributed by atoms with van der Waals surface area (Å²) in [4.78, 5) is 4.13. The molecule has 0 amide bonds. The first-order valence-electron chi connectivity index (χ1n) is 7.61. The Morgan fingerprint density at radius 1 is 0.957 bits per heavy atom. The van der Waals surface area contributed by atoms with Crippen molar-refractivity contribution in [2.24, 2.45) is 4.99 Å². The molecule has 122 valence electrons. The van der Waals surface area contributed by atoms with Crippen molar-refractivity contribution in [3.05, 3.63) is 71.3 Å². The van der Waals surface area contributed by atoms with Gasteiger partial charge in [0.15, 0.2) is 5.96 Å². The zero-order valence-corrected chi connectivity index (χ0v) is 13.2. The Morgan fingerprint density at radius 3 is 2.30 bits per heavy atom. The van der Waals surface area contributed by atoms with Crippen molar-refractivity contribution in [3.8, 4) is 0 Å². The highest BCUT2D eigenvalue weighted by Gasteiger charge is 2.04. The summed E-state index contributed by atoms with van der Waals surface area (Å²) in [6.07, 6.45) is 1.36. The number of guanidine groups is 1. The minimum Gasteiger partial charge on any atom is -0.356 e. The molecule has 2 rings (SSSR count). The van der Waals surface area contributed by atoms with E-state index in [2.05, 4.69) is 27.8 Å². The van der Waals surface area contributed by atoms with Gasteiger partial charge in [-0.15, -0.1) is 0 Å². The third-order valence-corrected chi connectivity index (χ3v) is 3.47. The van der Waals surface area contributed by atoms with Gasteiger partial charge in [0, 0.05) is 26.2 Å². The molecule has 2 aromatic rings. The fourth-order valence-corrected chi connectivity index (χ4v) is 2.23. The summed E-state index contributed by atoms with van der Waals surface area (Å²) in [5, 5.41) is 6.34. The van der Waals surface area contributed by atoms with Crippen LogP contribution in [0.4, 0.5) is 8.78 Å². The molecule has 0 bridgehead atoms. The van der Waals surface area contributed by atoms with E-state index in [1.165, 1.54) is 17.7 Å². The van der Waals surface area contributed by atoms with Crippen LogP contribution in [-0.2, 0) is 12.8 Å². The standard InChI is InChI=1S/C18H21F2N3/c1-21-18(22-11-9-14-5-3-2-4-6-14)23-12-10-15-7-8-16(19)13-17(15)20/h2-8,13H,9-12H2,1H3,(H2,21,22,23). The van der Waals surface area contributed by atoms with Gasteiger partial charge in [0.05, 0.1) is 0 Å². The van der Waals surface area contributed by atoms with E-state index in [0.29, 0.717) is 24.5 Å². The molecule has 0 saturated carbocycles. The molecule has 0 unspecified atom stereocenters. The number of rotatable bonds is 6. The fourth-order valence-electron chi connectivity index (χ4n) is 2.23. The molecular weight excluding hydrogens is 296 g/mol. The van der Waals surface area contributed by atoms with Crippen molar-refractivity contribution >= 4 is 5.96 Å². The highest BCUT2D eigenvalue weighted by molar-refractivity contribution is 5.79. The third kappa shape index (κ3) is 5.70. The number of aliphatic imine (C=N–C) groups is 1. The van der Waals surface area contributed by atoms with Crippen LogP contribution in [0.15, 0.2) is 53.5 Å². The average Bonchev–Trinajstić information content (AvgIpc) is 2.56. The van der Waals surface area contributed by atoms with Gasteiger partial charge in [-0.1, -0.05) is 36.4 Å². The summed E-state index contributed by atoms with van der Waals surface area (Å²) in [5.41, 5.74) is 1.74. The minimum absolute atomic E-state index is 0.464. The molecule has 23 heavy (non-hydrogen) atoms. The van der Waals surface area contributed by atoms with E-state index in [-0.39, 0.29) is 0 Å². The average molecular weight is 317 g/mol. The lowest BCUT2D eigenvalue weighted by Crippen LogP contribution is -2.39. The molecule has 2 aromatic carbocycles. The third-order valence-electron chi connectivity index (χ3n) is 3.47. The van der Waals surface area contributed by atoms with E-state index in [0.717, 1.165) is 19.0 Å². The molecular formula is C18H21F2N3. The zero-order chi connectivity index (χ0) is 16.5. The van der Waals surface area contributed by atoms with Crippen LogP contribution in [0.3, 0.4) is 0 Å². The molecule has 0 aromatic heterocycles. The van der Waals surface area contributed by atoms with Crippen molar-refractivity contribution in [2.45, 2.75) is 12.8 Å². The second-order valence-corrected chi connectivity index (χ2v) is 5.15. The maximum atomic E-state index is 13.5. The molecule has 0 heterocycles. The topological polar surface area (TPSA) is 36.4 Å². The lowest BCUT2D eigenvalue weighted by Gasteiger charge is -2.12. The van der Waals surface area contributed by atoms with Crippen molar-refractivity contribution in [1.29, 1.82) is 0 Å². The summed E-state index contributed by atoms with van der Waals surface area (Å²) in [6, 6.07) is 13.8.